The molecule has 29 heavy (non-hydrogen) atoms. The maximum absolute atomic E-state index is 13.2. The summed E-state index contributed by atoms with van der Waals surface area (Å²) in [4.78, 5) is 15.2. The average Bonchev–Trinajstić information content (AvgIpc) is 3.13. The molecule has 5 nitrogen and oxygen atoms in total. The van der Waals surface area contributed by atoms with E-state index in [-0.39, 0.29) is 41.2 Å². The van der Waals surface area contributed by atoms with Crippen molar-refractivity contribution in [3.05, 3.63) is 0 Å². The number of hydrogen-bond acceptors (Lipinski definition) is 4. The SMILES string of the molecule is C#CC[C@@H]1C[C@@H](O[Si](C)(C)C(C)(C)C)[C@@H]2[C@@H]3OC4(CCCCC4)O[C@@H]3CN2C1=O. The summed E-state index contributed by atoms with van der Waals surface area (Å²) in [6.07, 6.45) is 12.1. The van der Waals surface area contributed by atoms with Crippen LogP contribution in [-0.2, 0) is 18.7 Å². The van der Waals surface area contributed by atoms with Crippen molar-refractivity contribution < 1.29 is 18.7 Å². The summed E-state index contributed by atoms with van der Waals surface area (Å²) in [6, 6.07) is -0.0584. The van der Waals surface area contributed by atoms with Gasteiger partial charge in [-0.1, -0.05) is 27.2 Å². The Morgan fingerprint density at radius 2 is 1.93 bits per heavy atom. The number of piperidine rings is 1. The second-order valence-corrected chi connectivity index (χ2v) is 15.7. The number of terminal acetylenes is 1. The minimum atomic E-state index is -2.00. The van der Waals surface area contributed by atoms with Crippen LogP contribution in [0.3, 0.4) is 0 Å². The van der Waals surface area contributed by atoms with Crippen molar-refractivity contribution in [1.82, 2.24) is 4.90 Å². The number of carbonyl (C=O) groups is 1. The van der Waals surface area contributed by atoms with Crippen LogP contribution in [0, 0.1) is 18.3 Å². The van der Waals surface area contributed by atoms with E-state index in [9.17, 15) is 4.79 Å². The second-order valence-electron chi connectivity index (χ2n) is 10.9. The number of rotatable bonds is 3. The van der Waals surface area contributed by atoms with Gasteiger partial charge in [-0.3, -0.25) is 4.79 Å². The van der Waals surface area contributed by atoms with Crippen molar-refractivity contribution >= 4 is 14.2 Å². The predicted octanol–water partition coefficient (Wildman–Crippen LogP) is 4.08. The fraction of sp³-hybridized carbons (Fsp3) is 0.870. The Hall–Kier alpha value is -0.873. The van der Waals surface area contributed by atoms with E-state index in [1.807, 2.05) is 4.90 Å². The number of fused-ring (bicyclic) bond motifs is 3. The molecule has 0 aromatic heterocycles. The van der Waals surface area contributed by atoms with Gasteiger partial charge < -0.3 is 18.8 Å². The third-order valence-corrected chi connectivity index (χ3v) is 12.4. The largest absolute Gasteiger partial charge is 0.412 e. The Bertz CT molecular complexity index is 688. The topological polar surface area (TPSA) is 48.0 Å². The van der Waals surface area contributed by atoms with Crippen LogP contribution < -0.4 is 0 Å². The third-order valence-electron chi connectivity index (χ3n) is 7.92. The molecule has 1 spiro atoms. The molecule has 3 heterocycles. The predicted molar refractivity (Wildman–Crippen MR) is 115 cm³/mol. The van der Waals surface area contributed by atoms with Gasteiger partial charge in [-0.25, -0.2) is 0 Å². The molecule has 4 rings (SSSR count). The van der Waals surface area contributed by atoms with Crippen LogP contribution in [-0.4, -0.2) is 55.8 Å². The molecule has 0 bridgehead atoms. The van der Waals surface area contributed by atoms with Gasteiger partial charge in [-0.05, 0) is 37.4 Å². The molecular weight excluding hydrogens is 382 g/mol. The zero-order valence-electron chi connectivity index (χ0n) is 18.7. The summed E-state index contributed by atoms with van der Waals surface area (Å²) in [5.41, 5.74) is 0. The highest BCUT2D eigenvalue weighted by Gasteiger charge is 2.61. The van der Waals surface area contributed by atoms with Crippen molar-refractivity contribution in [2.75, 3.05) is 6.54 Å². The molecule has 1 aliphatic carbocycles. The quantitative estimate of drug-likeness (QED) is 0.511. The van der Waals surface area contributed by atoms with Crippen LogP contribution >= 0.6 is 0 Å². The van der Waals surface area contributed by atoms with Crippen LogP contribution in [0.4, 0.5) is 0 Å². The maximum atomic E-state index is 13.2. The molecule has 0 unspecified atom stereocenters. The first kappa shape index (κ1) is 21.4. The molecule has 6 heteroatoms. The minimum absolute atomic E-state index is 0.0377. The van der Waals surface area contributed by atoms with Crippen molar-refractivity contribution in [3.8, 4) is 12.3 Å². The Morgan fingerprint density at radius 1 is 1.24 bits per heavy atom. The van der Waals surface area contributed by atoms with Crippen molar-refractivity contribution in [1.29, 1.82) is 0 Å². The van der Waals surface area contributed by atoms with Gasteiger partial charge in [0.05, 0.1) is 24.6 Å². The summed E-state index contributed by atoms with van der Waals surface area (Å²) in [7, 11) is -2.00. The van der Waals surface area contributed by atoms with Crippen LogP contribution in [0.15, 0.2) is 0 Å². The van der Waals surface area contributed by atoms with Gasteiger partial charge in [-0.2, -0.15) is 0 Å². The minimum Gasteiger partial charge on any atom is -0.412 e. The molecule has 162 valence electrons. The Kier molecular flexibility index (Phi) is 5.43. The lowest BCUT2D eigenvalue weighted by Crippen LogP contribution is -2.60. The van der Waals surface area contributed by atoms with Crippen molar-refractivity contribution in [2.45, 2.75) is 114 Å². The summed E-state index contributed by atoms with van der Waals surface area (Å²) in [6.45, 7) is 11.9. The van der Waals surface area contributed by atoms with E-state index in [0.717, 1.165) is 25.7 Å². The highest BCUT2D eigenvalue weighted by atomic mass is 28.4. The zero-order chi connectivity index (χ0) is 21.0. The van der Waals surface area contributed by atoms with E-state index in [1.54, 1.807) is 0 Å². The fourth-order valence-electron chi connectivity index (χ4n) is 5.33. The van der Waals surface area contributed by atoms with E-state index in [4.69, 9.17) is 20.3 Å². The van der Waals surface area contributed by atoms with Crippen LogP contribution in [0.2, 0.25) is 18.1 Å². The molecule has 0 aromatic rings. The number of hydrogen-bond donors (Lipinski definition) is 0. The first-order chi connectivity index (χ1) is 13.6. The van der Waals surface area contributed by atoms with Gasteiger partial charge in [0.2, 0.25) is 5.91 Å². The van der Waals surface area contributed by atoms with Gasteiger partial charge in [0.25, 0.3) is 0 Å². The smallest absolute Gasteiger partial charge is 0.227 e. The summed E-state index contributed by atoms with van der Waals surface area (Å²) < 4.78 is 20.0. The average molecular weight is 420 g/mol. The molecule has 3 aliphatic heterocycles. The van der Waals surface area contributed by atoms with Gasteiger partial charge >= 0.3 is 0 Å². The van der Waals surface area contributed by atoms with Crippen molar-refractivity contribution in [3.63, 3.8) is 0 Å². The van der Waals surface area contributed by atoms with E-state index in [1.165, 1.54) is 6.42 Å². The lowest BCUT2D eigenvalue weighted by Gasteiger charge is -2.47. The molecule has 3 saturated heterocycles. The molecule has 5 atom stereocenters. The monoisotopic (exact) mass is 419 g/mol. The molecule has 1 saturated carbocycles. The molecular formula is C23H37NO4Si. The highest BCUT2D eigenvalue weighted by Crippen LogP contribution is 2.49. The van der Waals surface area contributed by atoms with E-state index >= 15 is 0 Å². The molecule has 1 amide bonds. The normalized spacial score (nSPS) is 36.8. The summed E-state index contributed by atoms with van der Waals surface area (Å²) >= 11 is 0. The molecule has 0 radical (unpaired) electrons. The van der Waals surface area contributed by atoms with Gasteiger partial charge in [0, 0.05) is 19.3 Å². The summed E-state index contributed by atoms with van der Waals surface area (Å²) in [5.74, 6) is 2.27. The fourth-order valence-corrected chi connectivity index (χ4v) is 6.68. The lowest BCUT2D eigenvalue weighted by atomic mass is 9.87. The van der Waals surface area contributed by atoms with Gasteiger partial charge in [-0.15, -0.1) is 12.3 Å². The zero-order valence-corrected chi connectivity index (χ0v) is 19.7. The van der Waals surface area contributed by atoms with Crippen LogP contribution in [0.5, 0.6) is 0 Å². The Balaban J connectivity index is 1.60. The molecule has 0 aromatic carbocycles. The maximum Gasteiger partial charge on any atom is 0.227 e. The standard InChI is InChI=1S/C23H37NO4Si/c1-7-11-16-14-17(28-29(5,6)22(2,3)4)19-20-18(15-24(19)21(16)25)26-23(27-20)12-9-8-10-13-23/h1,16-20H,8-15H2,2-6H3/t16-,17-,18-,19-,20-/m1/s1. The van der Waals surface area contributed by atoms with Crippen LogP contribution in [0.1, 0.15) is 65.7 Å². The van der Waals surface area contributed by atoms with E-state index in [0.29, 0.717) is 19.4 Å². The number of amides is 1. The van der Waals surface area contributed by atoms with E-state index in [2.05, 4.69) is 39.8 Å². The number of carbonyl (C=O) groups excluding carboxylic acids is 1. The first-order valence-electron chi connectivity index (χ1n) is 11.3. The highest BCUT2D eigenvalue weighted by molar-refractivity contribution is 6.74. The van der Waals surface area contributed by atoms with Gasteiger partial charge in [0.1, 0.15) is 12.2 Å². The molecule has 4 fully saturated rings. The second kappa shape index (κ2) is 7.37. The van der Waals surface area contributed by atoms with Crippen molar-refractivity contribution in [2.24, 2.45) is 5.92 Å². The molecule has 4 aliphatic rings. The van der Waals surface area contributed by atoms with Crippen LogP contribution in [0.25, 0.3) is 0 Å². The number of nitrogens with zero attached hydrogens (tertiary/aromatic N) is 1. The third kappa shape index (κ3) is 3.69. The Morgan fingerprint density at radius 3 is 2.55 bits per heavy atom. The molecule has 0 N–H and O–H groups in total. The van der Waals surface area contributed by atoms with E-state index < -0.39 is 14.1 Å². The number of ether oxygens (including phenoxy) is 2. The summed E-state index contributed by atoms with van der Waals surface area (Å²) in [5, 5.41) is 0.108. The van der Waals surface area contributed by atoms with Gasteiger partial charge in [0.15, 0.2) is 14.1 Å². The Labute approximate surface area is 177 Å². The lowest BCUT2D eigenvalue weighted by molar-refractivity contribution is -0.212. The first-order valence-corrected chi connectivity index (χ1v) is 14.3.